The lowest BCUT2D eigenvalue weighted by atomic mass is 10.0. The summed E-state index contributed by atoms with van der Waals surface area (Å²) in [6, 6.07) is 12.4. The highest BCUT2D eigenvalue weighted by molar-refractivity contribution is 5.94. The summed E-state index contributed by atoms with van der Waals surface area (Å²) in [4.78, 5) is 16.7. The third-order valence-corrected chi connectivity index (χ3v) is 6.65. The zero-order valence-electron chi connectivity index (χ0n) is 19.8. The quantitative estimate of drug-likeness (QED) is 0.358. The number of H-pyrrole nitrogens is 1. The number of aromatic amines is 1. The first-order valence-electron chi connectivity index (χ1n) is 12.3. The van der Waals surface area contributed by atoms with E-state index in [2.05, 4.69) is 19.9 Å². The van der Waals surface area contributed by atoms with E-state index in [0.717, 1.165) is 56.0 Å². The molecule has 182 valence electrons. The van der Waals surface area contributed by atoms with E-state index in [9.17, 15) is 4.39 Å². The monoisotopic (exact) mass is 474 g/mol. The molecule has 5 rings (SSSR count). The molecule has 0 bridgehead atoms. The van der Waals surface area contributed by atoms with Crippen molar-refractivity contribution in [2.45, 2.75) is 31.7 Å². The molecule has 0 aliphatic carbocycles. The number of hydrogen-bond acceptors (Lipinski definition) is 5. The van der Waals surface area contributed by atoms with Crippen LogP contribution in [0.2, 0.25) is 0 Å². The summed E-state index contributed by atoms with van der Waals surface area (Å²) in [5.74, 6) is 1.40. The molecule has 0 saturated carbocycles. The fourth-order valence-corrected chi connectivity index (χ4v) is 4.85. The van der Waals surface area contributed by atoms with E-state index < -0.39 is 0 Å². The normalized spacial score (nSPS) is 18.5. The maximum absolute atomic E-state index is 13.7. The molecule has 2 aliphatic heterocycles. The number of ether oxygens (including phenoxy) is 1. The molecule has 4 heterocycles. The number of benzene rings is 1. The fraction of sp³-hybridized carbons (Fsp3) is 0.370. The van der Waals surface area contributed by atoms with Crippen molar-refractivity contribution in [2.24, 2.45) is 0 Å². The highest BCUT2D eigenvalue weighted by atomic mass is 19.1. The number of nitrogens with zero attached hydrogens (tertiary/aromatic N) is 4. The third-order valence-electron chi connectivity index (χ3n) is 6.65. The Balaban J connectivity index is 1.20. The Morgan fingerprint density at radius 1 is 1.14 bits per heavy atom. The predicted octanol–water partition coefficient (Wildman–Crippen LogP) is 4.91. The minimum Gasteiger partial charge on any atom is -0.476 e. The van der Waals surface area contributed by atoms with Gasteiger partial charge in [0.25, 0.3) is 0 Å². The minimum absolute atomic E-state index is 0.0208. The van der Waals surface area contributed by atoms with Crippen LogP contribution in [0.25, 0.3) is 17.5 Å². The summed E-state index contributed by atoms with van der Waals surface area (Å²) in [6.45, 7) is 4.64. The molecule has 0 radical (unpaired) electrons. The standard InChI is InChI=1S/C27H31FN6O/c28-21-7-3-6-20(18-21)24-9-5-15-34(24)25(29)11-12-26-30-19-23(31-26)22-8-4-10-27(32-22)35-17-16-33-13-1-2-14-33/h3-4,6-8,10-12,18-19,24,29H,1-2,5,9,13-17H2,(H,30,31)/b12-11-,29-25?. The Bertz CT molecular complexity index is 1190. The van der Waals surface area contributed by atoms with Gasteiger partial charge in [-0.15, -0.1) is 0 Å². The summed E-state index contributed by atoms with van der Waals surface area (Å²) in [5.41, 5.74) is 2.46. The first-order valence-corrected chi connectivity index (χ1v) is 12.3. The van der Waals surface area contributed by atoms with Crippen LogP contribution in [0, 0.1) is 11.2 Å². The number of rotatable bonds is 8. The average molecular weight is 475 g/mol. The van der Waals surface area contributed by atoms with Crippen molar-refractivity contribution in [1.82, 2.24) is 24.8 Å². The Labute approximate surface area is 205 Å². The number of halogens is 1. The molecule has 2 aromatic heterocycles. The maximum Gasteiger partial charge on any atom is 0.213 e. The molecule has 2 N–H and O–H groups in total. The van der Waals surface area contributed by atoms with Crippen LogP contribution in [0.1, 0.15) is 43.1 Å². The number of imidazole rings is 1. The highest BCUT2D eigenvalue weighted by Crippen LogP contribution is 2.32. The van der Waals surface area contributed by atoms with Crippen LogP contribution in [0.3, 0.4) is 0 Å². The number of likely N-dealkylation sites (tertiary alicyclic amines) is 2. The van der Waals surface area contributed by atoms with E-state index in [4.69, 9.17) is 10.1 Å². The van der Waals surface area contributed by atoms with Crippen molar-refractivity contribution in [2.75, 3.05) is 32.8 Å². The van der Waals surface area contributed by atoms with Crippen LogP contribution >= 0.6 is 0 Å². The molecule has 7 nitrogen and oxygen atoms in total. The lowest BCUT2D eigenvalue weighted by Gasteiger charge is -2.26. The van der Waals surface area contributed by atoms with Crippen molar-refractivity contribution in [3.63, 3.8) is 0 Å². The van der Waals surface area contributed by atoms with Crippen molar-refractivity contribution in [1.29, 1.82) is 5.41 Å². The van der Waals surface area contributed by atoms with Gasteiger partial charge in [0.1, 0.15) is 24.1 Å². The van der Waals surface area contributed by atoms with Crippen LogP contribution in [-0.4, -0.2) is 63.4 Å². The molecular formula is C27H31FN6O. The number of amidine groups is 1. The summed E-state index contributed by atoms with van der Waals surface area (Å²) in [7, 11) is 0. The second kappa shape index (κ2) is 10.8. The number of hydrogen-bond donors (Lipinski definition) is 2. The van der Waals surface area contributed by atoms with E-state index in [1.807, 2.05) is 29.2 Å². The highest BCUT2D eigenvalue weighted by Gasteiger charge is 2.27. The van der Waals surface area contributed by atoms with Crippen LogP contribution in [0.15, 0.2) is 54.7 Å². The van der Waals surface area contributed by atoms with Gasteiger partial charge in [-0.1, -0.05) is 18.2 Å². The zero-order valence-corrected chi connectivity index (χ0v) is 19.8. The number of pyridine rings is 1. The average Bonchev–Trinajstić information content (AvgIpc) is 3.65. The Morgan fingerprint density at radius 3 is 2.86 bits per heavy atom. The lowest BCUT2D eigenvalue weighted by molar-refractivity contribution is 0.232. The van der Waals surface area contributed by atoms with E-state index in [1.54, 1.807) is 30.5 Å². The minimum atomic E-state index is -0.241. The van der Waals surface area contributed by atoms with Crippen LogP contribution in [0.5, 0.6) is 5.88 Å². The largest absolute Gasteiger partial charge is 0.476 e. The van der Waals surface area contributed by atoms with Gasteiger partial charge in [0, 0.05) is 19.2 Å². The van der Waals surface area contributed by atoms with Crippen molar-refractivity contribution in [3.8, 4) is 17.3 Å². The summed E-state index contributed by atoms with van der Waals surface area (Å²) in [5, 5.41) is 8.57. The van der Waals surface area contributed by atoms with E-state index >= 15 is 0 Å². The zero-order chi connectivity index (χ0) is 24.0. The van der Waals surface area contributed by atoms with Crippen molar-refractivity contribution in [3.05, 3.63) is 71.9 Å². The third kappa shape index (κ3) is 5.77. The summed E-state index contributed by atoms with van der Waals surface area (Å²) < 4.78 is 19.6. The molecule has 2 aliphatic rings. The van der Waals surface area contributed by atoms with E-state index in [0.29, 0.717) is 24.1 Å². The topological polar surface area (TPSA) is 81.1 Å². The van der Waals surface area contributed by atoms with Crippen LogP contribution in [-0.2, 0) is 0 Å². The molecule has 1 atom stereocenters. The van der Waals surface area contributed by atoms with Gasteiger partial charge >= 0.3 is 0 Å². The number of aromatic nitrogens is 3. The first kappa shape index (κ1) is 23.2. The SMILES string of the molecule is N=C(/C=C\c1ncc(-c2cccc(OCCN3CCCC3)n2)[nH]1)N1CCCC1c1cccc(F)c1. The van der Waals surface area contributed by atoms with Gasteiger partial charge in [0.2, 0.25) is 5.88 Å². The molecule has 2 saturated heterocycles. The molecule has 0 amide bonds. The lowest BCUT2D eigenvalue weighted by Crippen LogP contribution is -2.28. The van der Waals surface area contributed by atoms with Gasteiger partial charge in [-0.3, -0.25) is 10.3 Å². The molecule has 3 aromatic rings. The Morgan fingerprint density at radius 2 is 2.00 bits per heavy atom. The van der Waals surface area contributed by atoms with Gasteiger partial charge in [-0.25, -0.2) is 14.4 Å². The van der Waals surface area contributed by atoms with Crippen LogP contribution in [0.4, 0.5) is 4.39 Å². The smallest absolute Gasteiger partial charge is 0.213 e. The van der Waals surface area contributed by atoms with Crippen LogP contribution < -0.4 is 4.74 Å². The summed E-state index contributed by atoms with van der Waals surface area (Å²) in [6.07, 6.45) is 9.71. The Kier molecular flexibility index (Phi) is 7.18. The molecular weight excluding hydrogens is 443 g/mol. The first-order chi connectivity index (χ1) is 17.2. The van der Waals surface area contributed by atoms with Gasteiger partial charge in [0.05, 0.1) is 23.6 Å². The van der Waals surface area contributed by atoms with Gasteiger partial charge in [-0.05, 0) is 74.7 Å². The van der Waals surface area contributed by atoms with E-state index in [-0.39, 0.29) is 11.9 Å². The molecule has 8 heteroatoms. The fourth-order valence-electron chi connectivity index (χ4n) is 4.85. The number of nitrogens with one attached hydrogen (secondary N) is 2. The molecule has 35 heavy (non-hydrogen) atoms. The molecule has 0 spiro atoms. The Hall–Kier alpha value is -3.52. The van der Waals surface area contributed by atoms with Crippen molar-refractivity contribution >= 4 is 11.9 Å². The van der Waals surface area contributed by atoms with Gasteiger partial charge in [-0.2, -0.15) is 0 Å². The predicted molar refractivity (Wildman–Crippen MR) is 135 cm³/mol. The van der Waals surface area contributed by atoms with Gasteiger partial charge < -0.3 is 14.6 Å². The molecule has 1 unspecified atom stereocenters. The molecule has 1 aromatic carbocycles. The summed E-state index contributed by atoms with van der Waals surface area (Å²) >= 11 is 0. The van der Waals surface area contributed by atoms with Crippen molar-refractivity contribution < 1.29 is 9.13 Å². The van der Waals surface area contributed by atoms with E-state index in [1.165, 1.54) is 18.9 Å². The van der Waals surface area contributed by atoms with Gasteiger partial charge in [0.15, 0.2) is 0 Å². The maximum atomic E-state index is 13.7. The molecule has 2 fully saturated rings. The second-order valence-electron chi connectivity index (χ2n) is 9.07. The second-order valence-corrected chi connectivity index (χ2v) is 9.07.